The van der Waals surface area contributed by atoms with Gasteiger partial charge >= 0.3 is 0 Å². The van der Waals surface area contributed by atoms with Gasteiger partial charge in [-0.15, -0.1) is 0 Å². The van der Waals surface area contributed by atoms with Crippen LogP contribution in [0.2, 0.25) is 0 Å². The van der Waals surface area contributed by atoms with E-state index in [2.05, 4.69) is 70.5 Å². The summed E-state index contributed by atoms with van der Waals surface area (Å²) in [5.74, 6) is 0.977. The Kier molecular flexibility index (Phi) is 8.91. The lowest BCUT2D eigenvalue weighted by atomic mass is 9.98. The lowest BCUT2D eigenvalue weighted by Crippen LogP contribution is -2.50. The molecular weight excluding hydrogens is 499 g/mol. The van der Waals surface area contributed by atoms with Crippen molar-refractivity contribution in [1.82, 2.24) is 14.7 Å². The van der Waals surface area contributed by atoms with E-state index in [0.717, 1.165) is 86.6 Å². The monoisotopic (exact) mass is 546 g/mol. The van der Waals surface area contributed by atoms with Gasteiger partial charge in [-0.05, 0) is 94.9 Å². The molecule has 2 aromatic carbocycles. The van der Waals surface area contributed by atoms with Gasteiger partial charge in [-0.3, -0.25) is 9.98 Å². The van der Waals surface area contributed by atoms with Crippen LogP contribution in [-0.4, -0.2) is 100 Å². The van der Waals surface area contributed by atoms with Crippen LogP contribution in [0.25, 0.3) is 10.8 Å². The zero-order chi connectivity index (χ0) is 28.3. The maximum Gasteiger partial charge on any atom is 0.128 e. The number of likely N-dealkylation sites (N-methyl/N-ethyl adjacent to an activating group) is 1. The predicted molar refractivity (Wildman–Crippen MR) is 167 cm³/mol. The SMILES string of the molecule is C=NC1=C(/C(=N\CCCC2(CN(C)C)CC2)N2CCN(CC)CC2)CCN(c2cccc3ccc(F)c(C)c23)C1. The second-order valence-electron chi connectivity index (χ2n) is 12.3. The Labute approximate surface area is 240 Å². The zero-order valence-corrected chi connectivity index (χ0v) is 25.1. The Balaban J connectivity index is 1.39. The molecule has 5 rings (SSSR count). The van der Waals surface area contributed by atoms with Gasteiger partial charge in [-0.1, -0.05) is 25.1 Å². The van der Waals surface area contributed by atoms with Crippen molar-refractivity contribution in [3.8, 4) is 0 Å². The first-order chi connectivity index (χ1) is 19.3. The molecule has 0 radical (unpaired) electrons. The minimum Gasteiger partial charge on any atom is -0.365 e. The third-order valence-electron chi connectivity index (χ3n) is 9.19. The minimum absolute atomic E-state index is 0.158. The molecule has 0 N–H and O–H groups in total. The number of rotatable bonds is 10. The van der Waals surface area contributed by atoms with Crippen LogP contribution in [0.5, 0.6) is 0 Å². The summed E-state index contributed by atoms with van der Waals surface area (Å²) in [6, 6.07) is 9.69. The van der Waals surface area contributed by atoms with Crippen molar-refractivity contribution in [3.05, 3.63) is 53.0 Å². The van der Waals surface area contributed by atoms with Gasteiger partial charge in [0.25, 0.3) is 0 Å². The molecule has 1 saturated heterocycles. The topological polar surface area (TPSA) is 37.7 Å². The van der Waals surface area contributed by atoms with Crippen LogP contribution >= 0.6 is 0 Å². The van der Waals surface area contributed by atoms with Crippen LogP contribution in [0.4, 0.5) is 10.1 Å². The molecule has 0 aromatic heterocycles. The van der Waals surface area contributed by atoms with Gasteiger partial charge in [0, 0.05) is 62.5 Å². The first-order valence-corrected chi connectivity index (χ1v) is 15.1. The molecule has 7 heteroatoms. The fraction of sp³-hybridized carbons (Fsp3) is 0.576. The van der Waals surface area contributed by atoms with Crippen LogP contribution in [0, 0.1) is 18.2 Å². The second kappa shape index (κ2) is 12.4. The van der Waals surface area contributed by atoms with Crippen LogP contribution < -0.4 is 4.90 Å². The van der Waals surface area contributed by atoms with Crippen molar-refractivity contribution in [2.45, 2.75) is 46.0 Å². The Morgan fingerprint density at radius 3 is 2.52 bits per heavy atom. The Morgan fingerprint density at radius 1 is 1.07 bits per heavy atom. The number of anilines is 1. The maximum absolute atomic E-state index is 14.6. The molecule has 6 nitrogen and oxygen atoms in total. The fourth-order valence-electron chi connectivity index (χ4n) is 6.75. The van der Waals surface area contributed by atoms with Gasteiger partial charge in [0.2, 0.25) is 0 Å². The molecule has 0 atom stereocenters. The normalized spacial score (nSPS) is 20.1. The first kappa shape index (κ1) is 28.7. The van der Waals surface area contributed by atoms with E-state index >= 15 is 0 Å². The summed E-state index contributed by atoms with van der Waals surface area (Å²) < 4.78 is 14.6. The highest BCUT2D eigenvalue weighted by molar-refractivity contribution is 6.01. The molecule has 1 aliphatic carbocycles. The molecule has 216 valence electrons. The summed E-state index contributed by atoms with van der Waals surface area (Å²) in [4.78, 5) is 19.6. The average Bonchev–Trinajstić information content (AvgIpc) is 3.73. The van der Waals surface area contributed by atoms with Crippen molar-refractivity contribution >= 4 is 29.0 Å². The third kappa shape index (κ3) is 6.26. The third-order valence-corrected chi connectivity index (χ3v) is 9.19. The zero-order valence-electron chi connectivity index (χ0n) is 25.1. The standard InChI is InChI=1S/C33H47FN6/c1-6-38-19-21-39(22-20-38)32(36-17-8-14-33(15-16-33)24-37(4)5)27-13-18-40(23-29(27)35-3)30-10-7-9-26-11-12-28(34)25(2)31(26)30/h7,9-12H,3,6,8,13-24H2,1-2,4-5H3/b36-32+. The largest absolute Gasteiger partial charge is 0.365 e. The number of halogens is 1. The van der Waals surface area contributed by atoms with E-state index in [1.165, 1.54) is 31.4 Å². The Hall–Kier alpha value is -2.77. The van der Waals surface area contributed by atoms with Crippen molar-refractivity contribution in [1.29, 1.82) is 0 Å². The van der Waals surface area contributed by atoms with Gasteiger partial charge in [-0.2, -0.15) is 0 Å². The summed E-state index contributed by atoms with van der Waals surface area (Å²) >= 11 is 0. The van der Waals surface area contributed by atoms with E-state index in [-0.39, 0.29) is 5.82 Å². The molecule has 2 heterocycles. The molecule has 0 spiro atoms. The molecule has 2 fully saturated rings. The molecule has 1 saturated carbocycles. The molecule has 2 aromatic rings. The molecule has 0 unspecified atom stereocenters. The van der Waals surface area contributed by atoms with E-state index in [1.54, 1.807) is 6.07 Å². The molecular formula is C33H47FN6. The van der Waals surface area contributed by atoms with Crippen LogP contribution in [0.3, 0.4) is 0 Å². The highest BCUT2D eigenvalue weighted by atomic mass is 19.1. The summed E-state index contributed by atoms with van der Waals surface area (Å²) in [5, 5.41) is 2.06. The number of hydrogen-bond donors (Lipinski definition) is 0. The van der Waals surface area contributed by atoms with Gasteiger partial charge in [-0.25, -0.2) is 4.39 Å². The molecule has 2 aliphatic heterocycles. The van der Waals surface area contributed by atoms with E-state index in [1.807, 2.05) is 13.0 Å². The highest BCUT2D eigenvalue weighted by Crippen LogP contribution is 2.49. The van der Waals surface area contributed by atoms with Crippen molar-refractivity contribution in [3.63, 3.8) is 0 Å². The number of amidine groups is 1. The van der Waals surface area contributed by atoms with Gasteiger partial charge in [0.1, 0.15) is 11.7 Å². The van der Waals surface area contributed by atoms with Gasteiger partial charge in [0.05, 0.1) is 12.2 Å². The molecule has 0 amide bonds. The van der Waals surface area contributed by atoms with Crippen molar-refractivity contribution in [2.75, 3.05) is 77.9 Å². The smallest absolute Gasteiger partial charge is 0.128 e. The maximum atomic E-state index is 14.6. The summed E-state index contributed by atoms with van der Waals surface area (Å²) in [6.07, 6.45) is 5.94. The fourth-order valence-corrected chi connectivity index (χ4v) is 6.75. The highest BCUT2D eigenvalue weighted by Gasteiger charge is 2.41. The quantitative estimate of drug-likeness (QED) is 0.221. The lowest BCUT2D eigenvalue weighted by molar-refractivity contribution is 0.189. The van der Waals surface area contributed by atoms with Crippen LogP contribution in [0.15, 0.2) is 51.6 Å². The van der Waals surface area contributed by atoms with Crippen molar-refractivity contribution < 1.29 is 4.39 Å². The van der Waals surface area contributed by atoms with E-state index in [4.69, 9.17) is 4.99 Å². The van der Waals surface area contributed by atoms with E-state index in [0.29, 0.717) is 17.5 Å². The van der Waals surface area contributed by atoms with Gasteiger partial charge < -0.3 is 19.6 Å². The Bertz CT molecular complexity index is 1270. The number of piperazine rings is 1. The first-order valence-electron chi connectivity index (χ1n) is 15.1. The average molecular weight is 547 g/mol. The lowest BCUT2D eigenvalue weighted by Gasteiger charge is -2.39. The summed E-state index contributed by atoms with van der Waals surface area (Å²) in [5.41, 5.74) is 4.53. The number of nitrogens with zero attached hydrogens (tertiary/aromatic N) is 6. The number of fused-ring (bicyclic) bond motifs is 1. The van der Waals surface area contributed by atoms with E-state index < -0.39 is 0 Å². The summed E-state index contributed by atoms with van der Waals surface area (Å²) in [6.45, 7) is 16.9. The summed E-state index contributed by atoms with van der Waals surface area (Å²) in [7, 11) is 4.37. The Morgan fingerprint density at radius 2 is 1.85 bits per heavy atom. The minimum atomic E-state index is -0.158. The van der Waals surface area contributed by atoms with Crippen molar-refractivity contribution in [2.24, 2.45) is 15.4 Å². The predicted octanol–water partition coefficient (Wildman–Crippen LogP) is 5.61. The number of aryl methyl sites for hydroxylation is 1. The number of benzene rings is 2. The van der Waals surface area contributed by atoms with Crippen LogP contribution in [0.1, 0.15) is 44.6 Å². The van der Waals surface area contributed by atoms with E-state index in [9.17, 15) is 4.39 Å². The van der Waals surface area contributed by atoms with Gasteiger partial charge in [0.15, 0.2) is 0 Å². The molecule has 40 heavy (non-hydrogen) atoms. The second-order valence-corrected chi connectivity index (χ2v) is 12.3. The number of aliphatic imine (C=N–C) groups is 2. The van der Waals surface area contributed by atoms with Crippen LogP contribution in [-0.2, 0) is 0 Å². The molecule has 3 aliphatic rings. The number of hydrogen-bond acceptors (Lipinski definition) is 5. The molecule has 0 bridgehead atoms.